The second-order valence-corrected chi connectivity index (χ2v) is 12.0. The Balaban J connectivity index is 1.14. The quantitative estimate of drug-likeness (QED) is 0.323. The van der Waals surface area contributed by atoms with Crippen LogP contribution in [-0.2, 0) is 10.2 Å². The van der Waals surface area contributed by atoms with Crippen LogP contribution in [0.3, 0.4) is 0 Å². The van der Waals surface area contributed by atoms with Crippen LogP contribution in [0.2, 0.25) is 0 Å². The Hall–Kier alpha value is -4.44. The number of fused-ring (bicyclic) bond motifs is 1. The van der Waals surface area contributed by atoms with Crippen molar-refractivity contribution in [3.63, 3.8) is 0 Å². The van der Waals surface area contributed by atoms with Crippen LogP contribution in [0.4, 0.5) is 17.3 Å². The summed E-state index contributed by atoms with van der Waals surface area (Å²) in [5.41, 5.74) is 9.86. The second-order valence-electron chi connectivity index (χ2n) is 12.0. The molecule has 0 aliphatic carbocycles. The number of primary amides is 1. The Morgan fingerprint density at radius 1 is 0.977 bits per heavy atom. The highest BCUT2D eigenvalue weighted by Gasteiger charge is 2.38. The number of rotatable bonds is 8. The first-order valence-electron chi connectivity index (χ1n) is 15.1. The summed E-state index contributed by atoms with van der Waals surface area (Å²) in [7, 11) is 4.03. The van der Waals surface area contributed by atoms with Gasteiger partial charge < -0.3 is 25.8 Å². The minimum absolute atomic E-state index is 0.0465. The largest absolute Gasteiger partial charge is 0.370 e. The van der Waals surface area contributed by atoms with Crippen LogP contribution in [0.15, 0.2) is 72.9 Å². The molecule has 2 amide bonds. The number of hydrogen-bond donors (Lipinski definition) is 2. The Morgan fingerprint density at radius 3 is 2.35 bits per heavy atom. The van der Waals surface area contributed by atoms with Gasteiger partial charge in [0.15, 0.2) is 5.65 Å². The minimum Gasteiger partial charge on any atom is -0.370 e. The van der Waals surface area contributed by atoms with Crippen molar-refractivity contribution >= 4 is 34.8 Å². The zero-order chi connectivity index (χ0) is 30.0. The Morgan fingerprint density at radius 2 is 1.67 bits per heavy atom. The normalized spacial score (nSPS) is 17.6. The molecule has 3 N–H and O–H groups in total. The van der Waals surface area contributed by atoms with E-state index in [9.17, 15) is 9.59 Å². The minimum atomic E-state index is -0.269. The average Bonchev–Trinajstić information content (AvgIpc) is 3.44. The molecule has 0 spiro atoms. The molecule has 2 fully saturated rings. The van der Waals surface area contributed by atoms with Gasteiger partial charge in [0, 0.05) is 55.5 Å². The lowest BCUT2D eigenvalue weighted by molar-refractivity contribution is -0.119. The number of carbonyl (C=O) groups is 2. The molecule has 4 aromatic rings. The van der Waals surface area contributed by atoms with Crippen molar-refractivity contribution in [1.29, 1.82) is 0 Å². The fourth-order valence-corrected chi connectivity index (χ4v) is 6.64. The summed E-state index contributed by atoms with van der Waals surface area (Å²) in [6.07, 6.45) is 5.86. The molecule has 0 radical (unpaired) electrons. The van der Waals surface area contributed by atoms with Gasteiger partial charge in [-0.25, -0.2) is 4.52 Å². The van der Waals surface area contributed by atoms with Crippen molar-refractivity contribution in [2.75, 3.05) is 50.5 Å². The third-order valence-electron chi connectivity index (χ3n) is 9.25. The Labute approximate surface area is 252 Å². The van der Waals surface area contributed by atoms with Gasteiger partial charge in [0.2, 0.25) is 11.9 Å². The molecular formula is C33H40N8O2. The number of aromatic nitrogens is 3. The molecule has 2 aliphatic rings. The van der Waals surface area contributed by atoms with Gasteiger partial charge in [-0.05, 0) is 87.8 Å². The monoisotopic (exact) mass is 580 g/mol. The topological polar surface area (TPSA) is 112 Å². The summed E-state index contributed by atoms with van der Waals surface area (Å²) in [5, 5.41) is 7.96. The molecule has 0 saturated carbocycles. The fourth-order valence-electron chi connectivity index (χ4n) is 6.64. The predicted molar refractivity (Wildman–Crippen MR) is 169 cm³/mol. The maximum absolute atomic E-state index is 13.1. The second kappa shape index (κ2) is 12.0. The van der Waals surface area contributed by atoms with Crippen molar-refractivity contribution in [2.45, 2.75) is 43.6 Å². The van der Waals surface area contributed by atoms with Gasteiger partial charge in [0.1, 0.15) is 0 Å². The van der Waals surface area contributed by atoms with Gasteiger partial charge >= 0.3 is 0 Å². The van der Waals surface area contributed by atoms with Crippen molar-refractivity contribution < 1.29 is 9.59 Å². The molecule has 0 unspecified atom stereocenters. The smallest absolute Gasteiger partial charge is 0.253 e. The first-order chi connectivity index (χ1) is 20.8. The number of piperidine rings is 2. The molecule has 0 bridgehead atoms. The molecule has 2 aromatic heterocycles. The molecule has 2 aromatic carbocycles. The summed E-state index contributed by atoms with van der Waals surface area (Å²) in [4.78, 5) is 36.5. The number of carbonyl (C=O) groups excluding carboxylic acids is 2. The van der Waals surface area contributed by atoms with E-state index >= 15 is 0 Å². The molecule has 43 heavy (non-hydrogen) atoms. The molecule has 6 rings (SSSR count). The number of nitrogens with two attached hydrogens (primary N) is 1. The van der Waals surface area contributed by atoms with E-state index in [2.05, 4.69) is 45.5 Å². The molecule has 0 atom stereocenters. The van der Waals surface area contributed by atoms with Crippen LogP contribution < -0.4 is 16.0 Å². The van der Waals surface area contributed by atoms with Crippen LogP contribution in [0, 0.1) is 0 Å². The summed E-state index contributed by atoms with van der Waals surface area (Å²) in [6.45, 7) is 3.58. The molecular weight excluding hydrogens is 540 g/mol. The van der Waals surface area contributed by atoms with Crippen LogP contribution >= 0.6 is 0 Å². The number of anilines is 3. The van der Waals surface area contributed by atoms with Crippen LogP contribution in [0.5, 0.6) is 0 Å². The first kappa shape index (κ1) is 28.7. The molecule has 2 aliphatic heterocycles. The van der Waals surface area contributed by atoms with Crippen LogP contribution in [-0.4, -0.2) is 82.5 Å². The van der Waals surface area contributed by atoms with E-state index in [0.717, 1.165) is 68.9 Å². The maximum Gasteiger partial charge on any atom is 0.253 e. The third kappa shape index (κ3) is 6.06. The molecule has 224 valence electrons. The van der Waals surface area contributed by atoms with E-state index in [0.29, 0.717) is 17.9 Å². The van der Waals surface area contributed by atoms with Crippen molar-refractivity contribution in [3.8, 4) is 0 Å². The first-order valence-corrected chi connectivity index (χ1v) is 15.1. The highest BCUT2D eigenvalue weighted by molar-refractivity contribution is 5.94. The number of benzene rings is 2. The number of amides is 2. The number of nitrogens with one attached hydrogen (secondary N) is 1. The molecule has 4 heterocycles. The fraction of sp³-hybridized carbons (Fsp3) is 0.394. The summed E-state index contributed by atoms with van der Waals surface area (Å²) >= 11 is 0. The van der Waals surface area contributed by atoms with Gasteiger partial charge in [-0.3, -0.25) is 9.59 Å². The third-order valence-corrected chi connectivity index (χ3v) is 9.25. The van der Waals surface area contributed by atoms with Gasteiger partial charge in [0.05, 0.1) is 5.69 Å². The van der Waals surface area contributed by atoms with Crippen LogP contribution in [0.25, 0.3) is 5.65 Å². The van der Waals surface area contributed by atoms with Gasteiger partial charge in [-0.1, -0.05) is 30.3 Å². The van der Waals surface area contributed by atoms with E-state index in [-0.39, 0.29) is 23.3 Å². The number of hydrogen-bond acceptors (Lipinski definition) is 7. The van der Waals surface area contributed by atoms with Crippen molar-refractivity contribution in [3.05, 3.63) is 84.1 Å². The van der Waals surface area contributed by atoms with Crippen molar-refractivity contribution in [1.82, 2.24) is 24.4 Å². The average molecular weight is 581 g/mol. The van der Waals surface area contributed by atoms with Gasteiger partial charge in [-0.15, -0.1) is 5.10 Å². The predicted octanol–water partition coefficient (Wildman–Crippen LogP) is 4.05. The highest BCUT2D eigenvalue weighted by Crippen LogP contribution is 2.40. The van der Waals surface area contributed by atoms with E-state index < -0.39 is 0 Å². The lowest BCUT2D eigenvalue weighted by Gasteiger charge is -2.42. The molecule has 2 saturated heterocycles. The van der Waals surface area contributed by atoms with Crippen LogP contribution in [0.1, 0.15) is 48.0 Å². The van der Waals surface area contributed by atoms with E-state index in [1.807, 2.05) is 66.7 Å². The standard InChI is InChI=1S/C33H40N8O2/c1-38-19-14-27(15-20-38)39(2)31(43)24-10-12-26(13-11-24)35-32-36-30-28(9-6-18-41(30)37-32)40-21-16-33(17-22-40,23-29(34)42)25-7-4-3-5-8-25/h3-13,18,27H,14-17,19-23H2,1-2H3,(H2,34,42)(H,35,37). The summed E-state index contributed by atoms with van der Waals surface area (Å²) < 4.78 is 1.79. The number of nitrogens with zero attached hydrogens (tertiary/aromatic N) is 6. The summed E-state index contributed by atoms with van der Waals surface area (Å²) in [6, 6.07) is 22.1. The zero-order valence-corrected chi connectivity index (χ0v) is 24.9. The molecule has 10 heteroatoms. The Bertz CT molecular complexity index is 1570. The number of pyridine rings is 1. The summed E-state index contributed by atoms with van der Waals surface area (Å²) in [5.74, 6) is 0.263. The van der Waals surface area contributed by atoms with E-state index in [1.54, 1.807) is 4.52 Å². The van der Waals surface area contributed by atoms with Crippen molar-refractivity contribution in [2.24, 2.45) is 5.73 Å². The Kier molecular flexibility index (Phi) is 8.03. The highest BCUT2D eigenvalue weighted by atomic mass is 16.2. The molecule has 10 nitrogen and oxygen atoms in total. The SMILES string of the molecule is CN1CCC(N(C)C(=O)c2ccc(Nc3nc4c(N5CCC(CC(N)=O)(c6ccccc6)CC5)cccn4n3)cc2)CC1. The zero-order valence-electron chi connectivity index (χ0n) is 24.9. The maximum atomic E-state index is 13.1. The van der Waals surface area contributed by atoms with Gasteiger partial charge in [0.25, 0.3) is 5.91 Å². The number of likely N-dealkylation sites (tertiary alicyclic amines) is 1. The van der Waals surface area contributed by atoms with E-state index in [4.69, 9.17) is 10.7 Å². The lowest BCUT2D eigenvalue weighted by Crippen LogP contribution is -2.44. The lowest BCUT2D eigenvalue weighted by atomic mass is 9.70. The van der Waals surface area contributed by atoms with E-state index in [1.165, 1.54) is 5.56 Å². The van der Waals surface area contributed by atoms with Gasteiger partial charge in [-0.2, -0.15) is 4.98 Å².